The van der Waals surface area contributed by atoms with Crippen molar-refractivity contribution >= 4 is 27.3 Å². The van der Waals surface area contributed by atoms with E-state index in [4.69, 9.17) is 5.73 Å². The SMILES string of the molecule is Cc1ccc(NC(=O)CC(C)N)cc1N1CCCS1(=O)=O. The van der Waals surface area contributed by atoms with Crippen LogP contribution in [0.1, 0.15) is 25.3 Å². The predicted octanol–water partition coefficient (Wildman–Crippen LogP) is 1.21. The van der Waals surface area contributed by atoms with Crippen LogP contribution >= 0.6 is 0 Å². The summed E-state index contributed by atoms with van der Waals surface area (Å²) >= 11 is 0. The van der Waals surface area contributed by atoms with E-state index < -0.39 is 10.0 Å². The van der Waals surface area contributed by atoms with E-state index in [9.17, 15) is 13.2 Å². The van der Waals surface area contributed by atoms with Crippen molar-refractivity contribution < 1.29 is 13.2 Å². The third-order valence-corrected chi connectivity index (χ3v) is 5.22. The van der Waals surface area contributed by atoms with E-state index in [1.54, 1.807) is 19.1 Å². The number of nitrogens with one attached hydrogen (secondary N) is 1. The molecule has 0 aliphatic carbocycles. The minimum atomic E-state index is -3.23. The lowest BCUT2D eigenvalue weighted by atomic mass is 10.1. The Balaban J connectivity index is 2.24. The number of aryl methyl sites for hydroxylation is 1. The number of carbonyl (C=O) groups excluding carboxylic acids is 1. The van der Waals surface area contributed by atoms with Gasteiger partial charge in [0, 0.05) is 24.7 Å². The fourth-order valence-corrected chi connectivity index (χ4v) is 3.99. The molecule has 1 saturated heterocycles. The first-order chi connectivity index (χ1) is 9.79. The fraction of sp³-hybridized carbons (Fsp3) is 0.500. The zero-order chi connectivity index (χ0) is 15.6. The lowest BCUT2D eigenvalue weighted by Crippen LogP contribution is -2.26. The molecule has 1 amide bonds. The molecule has 0 bridgehead atoms. The number of carbonyl (C=O) groups is 1. The summed E-state index contributed by atoms with van der Waals surface area (Å²) in [5, 5.41) is 2.75. The van der Waals surface area contributed by atoms with Crippen molar-refractivity contribution in [1.82, 2.24) is 0 Å². The fourth-order valence-electron chi connectivity index (χ4n) is 2.37. The molecule has 1 heterocycles. The highest BCUT2D eigenvalue weighted by Gasteiger charge is 2.29. The molecule has 1 aromatic carbocycles. The van der Waals surface area contributed by atoms with Gasteiger partial charge in [-0.05, 0) is 38.0 Å². The maximum atomic E-state index is 12.0. The second-order valence-corrected chi connectivity index (χ2v) is 7.49. The highest BCUT2D eigenvalue weighted by Crippen LogP contribution is 2.30. The van der Waals surface area contributed by atoms with Crippen molar-refractivity contribution in [3.8, 4) is 0 Å². The second kappa shape index (κ2) is 6.03. The molecule has 1 aliphatic rings. The highest BCUT2D eigenvalue weighted by molar-refractivity contribution is 7.93. The normalized spacial score (nSPS) is 18.5. The second-order valence-electron chi connectivity index (χ2n) is 5.47. The summed E-state index contributed by atoms with van der Waals surface area (Å²) in [5.41, 5.74) is 7.67. The molecule has 3 N–H and O–H groups in total. The van der Waals surface area contributed by atoms with Crippen LogP contribution < -0.4 is 15.4 Å². The summed E-state index contributed by atoms with van der Waals surface area (Å²) in [6.07, 6.45) is 0.855. The Bertz CT molecular complexity index is 641. The molecule has 1 fully saturated rings. The van der Waals surface area contributed by atoms with Crippen molar-refractivity contribution in [2.24, 2.45) is 5.73 Å². The molecule has 0 saturated carbocycles. The van der Waals surface area contributed by atoms with Gasteiger partial charge in [0.15, 0.2) is 0 Å². The molecule has 2 rings (SSSR count). The van der Waals surface area contributed by atoms with Gasteiger partial charge in [-0.15, -0.1) is 0 Å². The molecule has 1 atom stereocenters. The van der Waals surface area contributed by atoms with Gasteiger partial charge in [-0.1, -0.05) is 6.07 Å². The van der Waals surface area contributed by atoms with Gasteiger partial charge >= 0.3 is 0 Å². The van der Waals surface area contributed by atoms with Crippen LogP contribution in [0, 0.1) is 6.92 Å². The molecule has 0 spiro atoms. The Morgan fingerprint density at radius 1 is 1.48 bits per heavy atom. The van der Waals surface area contributed by atoms with E-state index in [1.807, 2.05) is 13.0 Å². The van der Waals surface area contributed by atoms with E-state index in [0.717, 1.165) is 5.56 Å². The monoisotopic (exact) mass is 311 g/mol. The molecular formula is C14H21N3O3S. The van der Waals surface area contributed by atoms with Crippen LogP contribution in [0.15, 0.2) is 18.2 Å². The highest BCUT2D eigenvalue weighted by atomic mass is 32.2. The summed E-state index contributed by atoms with van der Waals surface area (Å²) < 4.78 is 25.5. The van der Waals surface area contributed by atoms with E-state index in [1.165, 1.54) is 4.31 Å². The zero-order valence-electron chi connectivity index (χ0n) is 12.3. The number of nitrogens with two attached hydrogens (primary N) is 1. The third kappa shape index (κ3) is 3.74. The predicted molar refractivity (Wildman–Crippen MR) is 83.8 cm³/mol. The van der Waals surface area contributed by atoms with Gasteiger partial charge < -0.3 is 11.1 Å². The molecule has 1 aromatic rings. The van der Waals surface area contributed by atoms with Gasteiger partial charge in [0.1, 0.15) is 0 Å². The van der Waals surface area contributed by atoms with Crippen LogP contribution in [0.25, 0.3) is 0 Å². The average molecular weight is 311 g/mol. The largest absolute Gasteiger partial charge is 0.327 e. The van der Waals surface area contributed by atoms with Gasteiger partial charge in [0.05, 0.1) is 11.4 Å². The molecule has 6 nitrogen and oxygen atoms in total. The summed E-state index contributed by atoms with van der Waals surface area (Å²) in [4.78, 5) is 11.7. The Morgan fingerprint density at radius 2 is 2.19 bits per heavy atom. The number of nitrogens with zero attached hydrogens (tertiary/aromatic N) is 1. The van der Waals surface area contributed by atoms with Crippen molar-refractivity contribution in [2.75, 3.05) is 21.9 Å². The summed E-state index contributed by atoms with van der Waals surface area (Å²) in [6, 6.07) is 5.07. The molecule has 1 aliphatic heterocycles. The molecule has 7 heteroatoms. The van der Waals surface area contributed by atoms with Crippen molar-refractivity contribution in [3.05, 3.63) is 23.8 Å². The van der Waals surface area contributed by atoms with Crippen LogP contribution in [0.4, 0.5) is 11.4 Å². The van der Waals surface area contributed by atoms with Crippen molar-refractivity contribution in [3.63, 3.8) is 0 Å². The van der Waals surface area contributed by atoms with E-state index in [-0.39, 0.29) is 24.1 Å². The quantitative estimate of drug-likeness (QED) is 0.874. The summed E-state index contributed by atoms with van der Waals surface area (Å²) in [6.45, 7) is 4.11. The molecule has 116 valence electrons. The Morgan fingerprint density at radius 3 is 2.76 bits per heavy atom. The summed E-state index contributed by atoms with van der Waals surface area (Å²) in [7, 11) is -3.23. The molecule has 0 aromatic heterocycles. The van der Waals surface area contributed by atoms with Crippen molar-refractivity contribution in [1.29, 1.82) is 0 Å². The van der Waals surface area contributed by atoms with Gasteiger partial charge in [0.2, 0.25) is 15.9 Å². The average Bonchev–Trinajstić information content (AvgIpc) is 2.70. The lowest BCUT2D eigenvalue weighted by Gasteiger charge is -2.20. The van der Waals surface area contributed by atoms with Crippen LogP contribution in [0.3, 0.4) is 0 Å². The smallest absolute Gasteiger partial charge is 0.235 e. The number of hydrogen-bond donors (Lipinski definition) is 2. The first-order valence-corrected chi connectivity index (χ1v) is 8.57. The lowest BCUT2D eigenvalue weighted by molar-refractivity contribution is -0.116. The molecular weight excluding hydrogens is 290 g/mol. The van der Waals surface area contributed by atoms with Gasteiger partial charge in [0.25, 0.3) is 0 Å². The number of hydrogen-bond acceptors (Lipinski definition) is 4. The van der Waals surface area contributed by atoms with Gasteiger partial charge in [-0.3, -0.25) is 9.10 Å². The van der Waals surface area contributed by atoms with Crippen LogP contribution in [-0.4, -0.2) is 32.7 Å². The van der Waals surface area contributed by atoms with Crippen molar-refractivity contribution in [2.45, 2.75) is 32.7 Å². The molecule has 21 heavy (non-hydrogen) atoms. The minimum absolute atomic E-state index is 0.174. The van der Waals surface area contributed by atoms with Gasteiger partial charge in [-0.2, -0.15) is 0 Å². The zero-order valence-corrected chi connectivity index (χ0v) is 13.1. The Labute approximate surface area is 125 Å². The number of anilines is 2. The summed E-state index contributed by atoms with van der Waals surface area (Å²) in [5.74, 6) is -0.00246. The number of sulfonamides is 1. The number of amides is 1. The maximum absolute atomic E-state index is 12.0. The van der Waals surface area contributed by atoms with Crippen LogP contribution in [0.2, 0.25) is 0 Å². The topological polar surface area (TPSA) is 92.5 Å². The Hall–Kier alpha value is -1.60. The molecule has 1 unspecified atom stereocenters. The maximum Gasteiger partial charge on any atom is 0.235 e. The number of benzene rings is 1. The van der Waals surface area contributed by atoms with E-state index in [2.05, 4.69) is 5.32 Å². The third-order valence-electron chi connectivity index (χ3n) is 3.37. The first kappa shape index (κ1) is 15.8. The van der Waals surface area contributed by atoms with Crippen LogP contribution in [0.5, 0.6) is 0 Å². The Kier molecular flexibility index (Phi) is 4.53. The minimum Gasteiger partial charge on any atom is -0.327 e. The van der Waals surface area contributed by atoms with Crippen LogP contribution in [-0.2, 0) is 14.8 Å². The van der Waals surface area contributed by atoms with E-state index >= 15 is 0 Å². The molecule has 0 radical (unpaired) electrons. The van der Waals surface area contributed by atoms with E-state index in [0.29, 0.717) is 24.3 Å². The first-order valence-electron chi connectivity index (χ1n) is 6.96. The number of rotatable bonds is 4. The van der Waals surface area contributed by atoms with Gasteiger partial charge in [-0.25, -0.2) is 8.42 Å². The standard InChI is InChI=1S/C14H21N3O3S/c1-10-4-5-12(16-14(18)8-11(2)15)9-13(10)17-6-3-7-21(17,19)20/h4-5,9,11H,3,6-8,15H2,1-2H3,(H,16,18).